The first kappa shape index (κ1) is 27.3. The maximum absolute atomic E-state index is 12.9. The minimum Gasteiger partial charge on any atom is -0.493 e. The molecule has 1 atom stereocenters. The molecule has 0 aromatic heterocycles. The number of nitro benzene ring substituents is 1. The SMILES string of the molecule is COc1cc(C(=O)Nc2ccc(C(=O)NN3C(=O)CSC3c3cccc([N+](=O)[O-])c3)cc2)cc(OC)c1OC. The third-order valence-corrected chi connectivity index (χ3v) is 7.00. The Hall–Kier alpha value is -4.78. The fourth-order valence-electron chi connectivity index (χ4n) is 3.88. The molecule has 2 N–H and O–H groups in total. The van der Waals surface area contributed by atoms with Crippen molar-refractivity contribution in [3.05, 3.63) is 87.5 Å². The Balaban J connectivity index is 1.45. The molecule has 0 spiro atoms. The van der Waals surface area contributed by atoms with E-state index in [2.05, 4.69) is 10.7 Å². The molecule has 0 bridgehead atoms. The van der Waals surface area contributed by atoms with Crippen molar-refractivity contribution in [2.24, 2.45) is 0 Å². The molecular weight excluding hydrogens is 528 g/mol. The van der Waals surface area contributed by atoms with Crippen LogP contribution in [0.25, 0.3) is 0 Å². The fourth-order valence-corrected chi connectivity index (χ4v) is 4.98. The second-order valence-corrected chi connectivity index (χ2v) is 9.23. The normalized spacial score (nSPS) is 14.5. The Morgan fingerprint density at radius 3 is 2.21 bits per heavy atom. The van der Waals surface area contributed by atoms with Gasteiger partial charge in [-0.1, -0.05) is 12.1 Å². The summed E-state index contributed by atoms with van der Waals surface area (Å²) in [6.45, 7) is 0. The number of thioether (sulfide) groups is 1. The number of nitrogens with zero attached hydrogens (tertiary/aromatic N) is 2. The van der Waals surface area contributed by atoms with Gasteiger partial charge in [0, 0.05) is 28.9 Å². The van der Waals surface area contributed by atoms with Gasteiger partial charge in [0.1, 0.15) is 5.37 Å². The van der Waals surface area contributed by atoms with Crippen molar-refractivity contribution < 1.29 is 33.5 Å². The molecule has 0 radical (unpaired) electrons. The Labute approximate surface area is 227 Å². The molecule has 1 aliphatic rings. The number of hydrogen-bond acceptors (Lipinski definition) is 9. The largest absolute Gasteiger partial charge is 0.493 e. The van der Waals surface area contributed by atoms with E-state index in [1.165, 1.54) is 80.6 Å². The van der Waals surface area contributed by atoms with E-state index in [0.717, 1.165) is 0 Å². The van der Waals surface area contributed by atoms with Gasteiger partial charge in [0.05, 0.1) is 32.0 Å². The average molecular weight is 553 g/mol. The summed E-state index contributed by atoms with van der Waals surface area (Å²) in [7, 11) is 4.36. The quantitative estimate of drug-likeness (QED) is 0.299. The summed E-state index contributed by atoms with van der Waals surface area (Å²) in [6, 6.07) is 15.0. The maximum atomic E-state index is 12.9. The fraction of sp³-hybridized carbons (Fsp3) is 0.192. The minimum atomic E-state index is -0.613. The van der Waals surface area contributed by atoms with Gasteiger partial charge in [0.2, 0.25) is 5.75 Å². The van der Waals surface area contributed by atoms with E-state index in [9.17, 15) is 24.5 Å². The summed E-state index contributed by atoms with van der Waals surface area (Å²) >= 11 is 1.25. The molecule has 1 unspecified atom stereocenters. The van der Waals surface area contributed by atoms with Crippen LogP contribution in [0.1, 0.15) is 31.7 Å². The lowest BCUT2D eigenvalue weighted by Gasteiger charge is -2.24. The van der Waals surface area contributed by atoms with Gasteiger partial charge >= 0.3 is 0 Å². The Morgan fingerprint density at radius 1 is 0.949 bits per heavy atom. The smallest absolute Gasteiger partial charge is 0.269 e. The van der Waals surface area contributed by atoms with E-state index >= 15 is 0 Å². The molecule has 3 amide bonds. The number of nitro groups is 1. The number of anilines is 1. The molecule has 0 aliphatic carbocycles. The van der Waals surface area contributed by atoms with E-state index in [0.29, 0.717) is 28.5 Å². The molecule has 13 heteroatoms. The van der Waals surface area contributed by atoms with E-state index in [4.69, 9.17) is 14.2 Å². The highest BCUT2D eigenvalue weighted by Gasteiger charge is 2.35. The third-order valence-electron chi connectivity index (χ3n) is 5.79. The second-order valence-electron chi connectivity index (χ2n) is 8.17. The van der Waals surface area contributed by atoms with Gasteiger partial charge in [-0.05, 0) is 42.0 Å². The lowest BCUT2D eigenvalue weighted by molar-refractivity contribution is -0.384. The standard InChI is InChI=1S/C26H24N4O8S/c1-36-20-12-17(13-21(37-2)23(20)38-3)24(32)27-18-9-7-15(8-10-18)25(33)28-29-22(31)14-39-26(29)16-5-4-6-19(11-16)30(34)35/h4-13,26H,14H2,1-3H3,(H,27,32)(H,28,33). The molecule has 1 fully saturated rings. The summed E-state index contributed by atoms with van der Waals surface area (Å²) in [6.07, 6.45) is 0. The molecule has 1 aliphatic heterocycles. The highest BCUT2D eigenvalue weighted by atomic mass is 32.2. The van der Waals surface area contributed by atoms with Crippen LogP contribution in [0.5, 0.6) is 17.2 Å². The van der Waals surface area contributed by atoms with Crippen LogP contribution in [-0.2, 0) is 4.79 Å². The Morgan fingerprint density at radius 2 is 1.62 bits per heavy atom. The van der Waals surface area contributed by atoms with E-state index in [1.807, 2.05) is 0 Å². The zero-order valence-corrected chi connectivity index (χ0v) is 21.9. The molecule has 3 aromatic carbocycles. The van der Waals surface area contributed by atoms with Crippen molar-refractivity contribution in [1.29, 1.82) is 0 Å². The summed E-state index contributed by atoms with van der Waals surface area (Å²) in [4.78, 5) is 48.8. The van der Waals surface area contributed by atoms with Gasteiger partial charge in [-0.25, -0.2) is 5.01 Å². The summed E-state index contributed by atoms with van der Waals surface area (Å²) in [5, 5.41) is 14.4. The zero-order valence-electron chi connectivity index (χ0n) is 21.1. The van der Waals surface area contributed by atoms with Gasteiger partial charge in [-0.3, -0.25) is 29.9 Å². The van der Waals surface area contributed by atoms with Crippen molar-refractivity contribution >= 4 is 40.9 Å². The molecule has 1 heterocycles. The van der Waals surface area contributed by atoms with Crippen LogP contribution < -0.4 is 25.0 Å². The van der Waals surface area contributed by atoms with Crippen molar-refractivity contribution in [3.8, 4) is 17.2 Å². The molecular formula is C26H24N4O8S. The van der Waals surface area contributed by atoms with Gasteiger partial charge < -0.3 is 19.5 Å². The first-order chi connectivity index (χ1) is 18.7. The minimum absolute atomic E-state index is 0.108. The first-order valence-electron chi connectivity index (χ1n) is 11.5. The lowest BCUT2D eigenvalue weighted by atomic mass is 10.1. The van der Waals surface area contributed by atoms with E-state index < -0.39 is 22.1 Å². The first-order valence-corrected chi connectivity index (χ1v) is 12.5. The molecule has 0 saturated carbocycles. The van der Waals surface area contributed by atoms with Crippen molar-refractivity contribution in [3.63, 3.8) is 0 Å². The van der Waals surface area contributed by atoms with Gasteiger partial charge in [-0.15, -0.1) is 11.8 Å². The van der Waals surface area contributed by atoms with Crippen LogP contribution in [0.3, 0.4) is 0 Å². The molecule has 12 nitrogen and oxygen atoms in total. The Kier molecular flexibility index (Phi) is 8.20. The van der Waals surface area contributed by atoms with Crippen LogP contribution in [0.15, 0.2) is 60.7 Å². The number of hydrogen-bond donors (Lipinski definition) is 2. The predicted octanol–water partition coefficient (Wildman–Crippen LogP) is 3.79. The summed E-state index contributed by atoms with van der Waals surface area (Å²) in [5.41, 5.74) is 3.93. The highest BCUT2D eigenvalue weighted by molar-refractivity contribution is 8.00. The van der Waals surface area contributed by atoms with Gasteiger partial charge in [0.15, 0.2) is 11.5 Å². The molecule has 1 saturated heterocycles. The van der Waals surface area contributed by atoms with Crippen molar-refractivity contribution in [2.75, 3.05) is 32.4 Å². The second kappa shape index (κ2) is 11.7. The van der Waals surface area contributed by atoms with Crippen LogP contribution >= 0.6 is 11.8 Å². The number of benzene rings is 3. The molecule has 39 heavy (non-hydrogen) atoms. The van der Waals surface area contributed by atoms with Gasteiger partial charge in [0.25, 0.3) is 23.4 Å². The van der Waals surface area contributed by atoms with Crippen LogP contribution in [0, 0.1) is 10.1 Å². The number of rotatable bonds is 9. The number of carbonyl (C=O) groups excluding carboxylic acids is 3. The summed E-state index contributed by atoms with van der Waals surface area (Å²) < 4.78 is 15.8. The van der Waals surface area contributed by atoms with Crippen molar-refractivity contribution in [2.45, 2.75) is 5.37 Å². The number of methoxy groups -OCH3 is 3. The third kappa shape index (κ3) is 5.88. The molecule has 3 aromatic rings. The number of carbonyl (C=O) groups is 3. The number of non-ortho nitro benzene ring substituents is 1. The molecule has 202 valence electrons. The number of amides is 3. The topological polar surface area (TPSA) is 149 Å². The number of ether oxygens (including phenoxy) is 3. The van der Waals surface area contributed by atoms with Crippen LogP contribution in [0.4, 0.5) is 11.4 Å². The van der Waals surface area contributed by atoms with Crippen LogP contribution in [0.2, 0.25) is 0 Å². The maximum Gasteiger partial charge on any atom is 0.269 e. The average Bonchev–Trinajstić information content (AvgIpc) is 3.31. The predicted molar refractivity (Wildman–Crippen MR) is 143 cm³/mol. The van der Waals surface area contributed by atoms with Gasteiger partial charge in [-0.2, -0.15) is 0 Å². The van der Waals surface area contributed by atoms with E-state index in [-0.39, 0.29) is 28.5 Å². The van der Waals surface area contributed by atoms with Crippen LogP contribution in [-0.4, -0.2) is 54.7 Å². The Bertz CT molecular complexity index is 1400. The number of nitrogens with one attached hydrogen (secondary N) is 2. The zero-order chi connectivity index (χ0) is 28.1. The van der Waals surface area contributed by atoms with E-state index in [1.54, 1.807) is 18.2 Å². The highest BCUT2D eigenvalue weighted by Crippen LogP contribution is 2.39. The monoisotopic (exact) mass is 552 g/mol. The molecule has 4 rings (SSSR count). The number of hydrazine groups is 1. The summed E-state index contributed by atoms with van der Waals surface area (Å²) in [5.74, 6) is -0.207. The lowest BCUT2D eigenvalue weighted by Crippen LogP contribution is -2.44. The van der Waals surface area contributed by atoms with Crippen molar-refractivity contribution in [1.82, 2.24) is 10.4 Å².